The van der Waals surface area contributed by atoms with E-state index >= 15 is 0 Å². The Hall–Kier alpha value is -3.38. The van der Waals surface area contributed by atoms with E-state index in [9.17, 15) is 13.9 Å². The molecule has 0 aliphatic carbocycles. The molecule has 2 heterocycles. The van der Waals surface area contributed by atoms with Gasteiger partial charge in [0.1, 0.15) is 29.2 Å². The second-order valence-corrected chi connectivity index (χ2v) is 9.49. The predicted octanol–water partition coefficient (Wildman–Crippen LogP) is 6.39. The second-order valence-electron chi connectivity index (χ2n) is 9.49. The van der Waals surface area contributed by atoms with Crippen LogP contribution in [0.5, 0.6) is 17.2 Å². The van der Waals surface area contributed by atoms with Gasteiger partial charge in [0.25, 0.3) is 0 Å². The Morgan fingerprint density at radius 1 is 1.06 bits per heavy atom. The summed E-state index contributed by atoms with van der Waals surface area (Å²) in [4.78, 5) is 2.25. The molecular weight excluding hydrogens is 460 g/mol. The molecule has 1 unspecified atom stereocenters. The molecule has 0 radical (unpaired) electrons. The van der Waals surface area contributed by atoms with E-state index < -0.39 is 0 Å². The third-order valence-electron chi connectivity index (χ3n) is 6.94. The van der Waals surface area contributed by atoms with Crippen molar-refractivity contribution in [3.05, 3.63) is 88.7 Å². The predicted molar refractivity (Wildman–Crippen MR) is 138 cm³/mol. The first kappa shape index (κ1) is 24.3. The topological polar surface area (TPSA) is 41.9 Å². The number of fused-ring (bicyclic) bond motifs is 1. The Labute approximate surface area is 210 Å². The number of phenols is 1. The van der Waals surface area contributed by atoms with Gasteiger partial charge >= 0.3 is 0 Å². The number of benzene rings is 3. The van der Waals surface area contributed by atoms with Gasteiger partial charge in [0.05, 0.1) is 13.3 Å². The Morgan fingerprint density at radius 3 is 2.64 bits per heavy atom. The van der Waals surface area contributed by atoms with Gasteiger partial charge in [0.2, 0.25) is 0 Å². The molecule has 5 rings (SSSR count). The van der Waals surface area contributed by atoms with Crippen LogP contribution in [0.3, 0.4) is 0 Å². The van der Waals surface area contributed by atoms with Crippen LogP contribution in [-0.2, 0) is 0 Å². The molecule has 1 atom stereocenters. The molecule has 2 aliphatic rings. The Morgan fingerprint density at radius 2 is 1.86 bits per heavy atom. The van der Waals surface area contributed by atoms with Crippen molar-refractivity contribution in [2.75, 3.05) is 32.9 Å². The fourth-order valence-corrected chi connectivity index (χ4v) is 5.22. The van der Waals surface area contributed by atoms with Gasteiger partial charge in [-0.2, -0.15) is 0 Å². The van der Waals surface area contributed by atoms with E-state index in [1.807, 2.05) is 43.3 Å². The third-order valence-corrected chi connectivity index (χ3v) is 6.94. The van der Waals surface area contributed by atoms with Crippen molar-refractivity contribution in [1.29, 1.82) is 0 Å². The molecule has 36 heavy (non-hydrogen) atoms. The van der Waals surface area contributed by atoms with Gasteiger partial charge in [-0.25, -0.2) is 4.39 Å². The first-order chi connectivity index (χ1) is 17.5. The number of aryl methyl sites for hydroxylation is 1. The minimum absolute atomic E-state index is 0.0992. The van der Waals surface area contributed by atoms with E-state index in [2.05, 4.69) is 4.90 Å². The molecule has 0 bridgehead atoms. The van der Waals surface area contributed by atoms with Crippen LogP contribution in [0.4, 0.5) is 8.78 Å². The standard InChI is InChI=1S/C30H31F2NO3/c1-20-17-22(32)5-9-26(20)27-12-16-35-29-18-23(34)6-10-28(29)30(27)21-3-7-24(8-4-21)36-25-11-15-33(19-25)14-2-13-31/h3-10,17-18,25,34H,2,11-16,19H2,1H3. The summed E-state index contributed by atoms with van der Waals surface area (Å²) in [7, 11) is 0. The van der Waals surface area contributed by atoms with Crippen LogP contribution in [0.2, 0.25) is 0 Å². The summed E-state index contributed by atoms with van der Waals surface area (Å²) in [6, 6.07) is 18.1. The number of alkyl halides is 1. The molecule has 0 spiro atoms. The fraction of sp³-hybridized carbons (Fsp3) is 0.333. The molecule has 0 saturated carbocycles. The first-order valence-electron chi connectivity index (χ1n) is 12.5. The van der Waals surface area contributed by atoms with E-state index in [1.54, 1.807) is 18.2 Å². The molecule has 2 aliphatic heterocycles. The molecule has 3 aromatic rings. The van der Waals surface area contributed by atoms with E-state index in [-0.39, 0.29) is 24.3 Å². The van der Waals surface area contributed by atoms with Crippen LogP contribution in [0.15, 0.2) is 60.7 Å². The van der Waals surface area contributed by atoms with Crippen LogP contribution in [-0.4, -0.2) is 49.0 Å². The summed E-state index contributed by atoms with van der Waals surface area (Å²) in [5.41, 5.74) is 5.80. The van der Waals surface area contributed by atoms with Gasteiger partial charge in [-0.3, -0.25) is 9.29 Å². The average molecular weight is 492 g/mol. The zero-order valence-electron chi connectivity index (χ0n) is 20.5. The number of halogens is 2. The van der Waals surface area contributed by atoms with Crippen LogP contribution >= 0.6 is 0 Å². The van der Waals surface area contributed by atoms with Gasteiger partial charge in [-0.15, -0.1) is 0 Å². The minimum Gasteiger partial charge on any atom is -0.508 e. The van der Waals surface area contributed by atoms with Crippen LogP contribution < -0.4 is 9.47 Å². The van der Waals surface area contributed by atoms with E-state index in [4.69, 9.17) is 9.47 Å². The molecule has 1 N–H and O–H groups in total. The van der Waals surface area contributed by atoms with Crippen molar-refractivity contribution in [3.63, 3.8) is 0 Å². The van der Waals surface area contributed by atoms with Crippen LogP contribution in [0, 0.1) is 12.7 Å². The van der Waals surface area contributed by atoms with Gasteiger partial charge in [-0.1, -0.05) is 18.2 Å². The zero-order chi connectivity index (χ0) is 25.1. The molecule has 1 fully saturated rings. The lowest BCUT2D eigenvalue weighted by molar-refractivity contribution is 0.198. The highest BCUT2D eigenvalue weighted by atomic mass is 19.1. The lowest BCUT2D eigenvalue weighted by Crippen LogP contribution is -2.26. The second kappa shape index (κ2) is 10.7. The third kappa shape index (κ3) is 5.24. The number of ether oxygens (including phenoxy) is 2. The lowest BCUT2D eigenvalue weighted by atomic mass is 9.86. The lowest BCUT2D eigenvalue weighted by Gasteiger charge is -2.18. The quantitative estimate of drug-likeness (QED) is 0.416. The highest BCUT2D eigenvalue weighted by Crippen LogP contribution is 2.43. The van der Waals surface area contributed by atoms with Crippen molar-refractivity contribution in [1.82, 2.24) is 4.90 Å². The molecule has 0 amide bonds. The molecule has 3 aromatic carbocycles. The van der Waals surface area contributed by atoms with Crippen molar-refractivity contribution in [2.45, 2.75) is 32.3 Å². The maximum atomic E-state index is 13.9. The van der Waals surface area contributed by atoms with Crippen molar-refractivity contribution in [2.24, 2.45) is 0 Å². The molecule has 1 saturated heterocycles. The smallest absolute Gasteiger partial charge is 0.130 e. The zero-order valence-corrected chi connectivity index (χ0v) is 20.5. The molecular formula is C30H31F2NO3. The number of hydrogen-bond donors (Lipinski definition) is 1. The van der Waals surface area contributed by atoms with Crippen molar-refractivity contribution >= 4 is 11.1 Å². The Balaban J connectivity index is 1.49. The molecule has 4 nitrogen and oxygen atoms in total. The molecule has 6 heteroatoms. The van der Waals surface area contributed by atoms with Crippen molar-refractivity contribution in [3.8, 4) is 17.2 Å². The number of aromatic hydroxyl groups is 1. The highest BCUT2D eigenvalue weighted by molar-refractivity contribution is 6.01. The summed E-state index contributed by atoms with van der Waals surface area (Å²) < 4.78 is 38.6. The summed E-state index contributed by atoms with van der Waals surface area (Å²) in [6.07, 6.45) is 2.24. The summed E-state index contributed by atoms with van der Waals surface area (Å²) in [5, 5.41) is 10.1. The number of phenolic OH excluding ortho intramolecular Hbond substituents is 1. The van der Waals surface area contributed by atoms with E-state index in [0.29, 0.717) is 25.2 Å². The Kier molecular flexibility index (Phi) is 7.23. The number of hydrogen-bond acceptors (Lipinski definition) is 4. The molecule has 188 valence electrons. The van der Waals surface area contributed by atoms with Gasteiger partial charge in [0, 0.05) is 37.7 Å². The van der Waals surface area contributed by atoms with Gasteiger partial charge in [-0.05, 0) is 84.0 Å². The molecule has 0 aromatic heterocycles. The summed E-state index contributed by atoms with van der Waals surface area (Å²) in [5.74, 6) is 1.31. The largest absolute Gasteiger partial charge is 0.508 e. The number of likely N-dealkylation sites (tertiary alicyclic amines) is 1. The SMILES string of the molecule is Cc1cc(F)ccc1C1=C(c2ccc(OC3CCN(CCCF)C3)cc2)c2ccc(O)cc2OCC1. The summed E-state index contributed by atoms with van der Waals surface area (Å²) in [6.45, 7) is 4.60. The normalized spacial score (nSPS) is 18.0. The van der Waals surface area contributed by atoms with E-state index in [1.165, 1.54) is 6.07 Å². The maximum Gasteiger partial charge on any atom is 0.130 e. The van der Waals surface area contributed by atoms with Gasteiger partial charge in [0.15, 0.2) is 0 Å². The van der Waals surface area contributed by atoms with Gasteiger partial charge < -0.3 is 14.6 Å². The van der Waals surface area contributed by atoms with Crippen LogP contribution in [0.25, 0.3) is 11.1 Å². The van der Waals surface area contributed by atoms with Crippen molar-refractivity contribution < 1.29 is 23.4 Å². The fourth-order valence-electron chi connectivity index (χ4n) is 5.22. The first-order valence-corrected chi connectivity index (χ1v) is 12.5. The monoisotopic (exact) mass is 491 g/mol. The summed E-state index contributed by atoms with van der Waals surface area (Å²) >= 11 is 0. The number of rotatable bonds is 7. The van der Waals surface area contributed by atoms with Crippen LogP contribution in [0.1, 0.15) is 41.5 Å². The van der Waals surface area contributed by atoms with E-state index in [0.717, 1.165) is 65.2 Å². The Bertz CT molecular complexity index is 1260. The minimum atomic E-state index is -0.285. The highest BCUT2D eigenvalue weighted by Gasteiger charge is 2.25. The maximum absolute atomic E-state index is 13.9. The average Bonchev–Trinajstić information content (AvgIpc) is 3.22. The number of nitrogens with zero attached hydrogens (tertiary/aromatic N) is 1.